The summed E-state index contributed by atoms with van der Waals surface area (Å²) in [5.41, 5.74) is 0.387. The lowest BCUT2D eigenvalue weighted by Gasteiger charge is -2.27. The Labute approximate surface area is 116 Å². The van der Waals surface area contributed by atoms with E-state index in [0.717, 1.165) is 12.8 Å². The quantitative estimate of drug-likeness (QED) is 0.888. The molecule has 0 bridgehead atoms. The number of aliphatic carboxylic acids is 1. The average Bonchev–Trinajstić information content (AvgIpc) is 2.42. The molecule has 0 atom stereocenters. The molecule has 1 saturated carbocycles. The van der Waals surface area contributed by atoms with E-state index in [1.54, 1.807) is 6.07 Å². The summed E-state index contributed by atoms with van der Waals surface area (Å²) in [5, 5.41) is 21.3. The molecule has 0 unspecified atom stereocenters. The van der Waals surface area contributed by atoms with Crippen molar-refractivity contribution in [3.63, 3.8) is 0 Å². The van der Waals surface area contributed by atoms with Gasteiger partial charge in [-0.3, -0.25) is 4.79 Å². The third kappa shape index (κ3) is 3.15. The van der Waals surface area contributed by atoms with E-state index in [9.17, 15) is 4.79 Å². The molecule has 1 fully saturated rings. The molecular formula is C13H14ClN3O2. The Hall–Kier alpha value is -1.80. The molecular weight excluding hydrogens is 266 g/mol. The second kappa shape index (κ2) is 5.89. The number of carboxylic acid groups (broad SMARTS) is 1. The first-order chi connectivity index (χ1) is 9.11. The van der Waals surface area contributed by atoms with Crippen LogP contribution in [0.2, 0.25) is 5.02 Å². The smallest absolute Gasteiger partial charge is 0.306 e. The number of anilines is 1. The molecule has 0 amide bonds. The van der Waals surface area contributed by atoms with Gasteiger partial charge >= 0.3 is 5.97 Å². The van der Waals surface area contributed by atoms with Gasteiger partial charge in [-0.2, -0.15) is 5.26 Å². The highest BCUT2D eigenvalue weighted by Gasteiger charge is 2.26. The molecule has 5 nitrogen and oxygen atoms in total. The van der Waals surface area contributed by atoms with Gasteiger partial charge in [0.15, 0.2) is 0 Å². The van der Waals surface area contributed by atoms with Gasteiger partial charge in [-0.15, -0.1) is 0 Å². The summed E-state index contributed by atoms with van der Waals surface area (Å²) >= 11 is 6.07. The zero-order valence-electron chi connectivity index (χ0n) is 10.3. The van der Waals surface area contributed by atoms with Gasteiger partial charge in [0.1, 0.15) is 16.9 Å². The molecule has 2 rings (SSSR count). The van der Waals surface area contributed by atoms with Gasteiger partial charge in [0.25, 0.3) is 0 Å². The fourth-order valence-corrected chi connectivity index (χ4v) is 2.52. The van der Waals surface area contributed by atoms with Crippen LogP contribution in [0.15, 0.2) is 12.3 Å². The Morgan fingerprint density at radius 2 is 2.16 bits per heavy atom. The number of nitrogens with zero attached hydrogens (tertiary/aromatic N) is 2. The number of halogens is 1. The van der Waals surface area contributed by atoms with Crippen molar-refractivity contribution in [1.82, 2.24) is 4.98 Å². The monoisotopic (exact) mass is 279 g/mol. The van der Waals surface area contributed by atoms with Crippen LogP contribution in [0.3, 0.4) is 0 Å². The zero-order chi connectivity index (χ0) is 13.8. The Morgan fingerprint density at radius 3 is 2.74 bits per heavy atom. The molecule has 1 aromatic rings. The van der Waals surface area contributed by atoms with Gasteiger partial charge in [0, 0.05) is 12.2 Å². The number of carboxylic acids is 1. The van der Waals surface area contributed by atoms with E-state index in [1.165, 1.54) is 6.20 Å². The molecule has 1 aromatic heterocycles. The van der Waals surface area contributed by atoms with Gasteiger partial charge in [-0.05, 0) is 31.7 Å². The van der Waals surface area contributed by atoms with Crippen molar-refractivity contribution in [3.8, 4) is 6.07 Å². The van der Waals surface area contributed by atoms with Crippen molar-refractivity contribution in [2.45, 2.75) is 31.7 Å². The lowest BCUT2D eigenvalue weighted by molar-refractivity contribution is -0.142. The average molecular weight is 280 g/mol. The maximum atomic E-state index is 10.9. The van der Waals surface area contributed by atoms with Crippen molar-refractivity contribution >= 4 is 23.4 Å². The molecule has 1 aliphatic carbocycles. The maximum Gasteiger partial charge on any atom is 0.306 e. The molecule has 19 heavy (non-hydrogen) atoms. The van der Waals surface area contributed by atoms with Crippen LogP contribution in [0, 0.1) is 17.2 Å². The van der Waals surface area contributed by atoms with Crippen LogP contribution in [0.25, 0.3) is 0 Å². The minimum atomic E-state index is -0.721. The summed E-state index contributed by atoms with van der Waals surface area (Å²) in [6, 6.07) is 3.73. The summed E-state index contributed by atoms with van der Waals surface area (Å²) in [7, 11) is 0. The SMILES string of the molecule is N#Cc1ccnc(NC2CCC(C(=O)O)CC2)c1Cl. The second-order valence-corrected chi connectivity index (χ2v) is 5.04. The number of nitrogens with one attached hydrogen (secondary N) is 1. The van der Waals surface area contributed by atoms with Crippen molar-refractivity contribution in [1.29, 1.82) is 5.26 Å². The topological polar surface area (TPSA) is 86.0 Å². The fraction of sp³-hybridized carbons (Fsp3) is 0.462. The molecule has 2 N–H and O–H groups in total. The second-order valence-electron chi connectivity index (χ2n) is 4.66. The summed E-state index contributed by atoms with van der Waals surface area (Å²) in [6.45, 7) is 0. The lowest BCUT2D eigenvalue weighted by Crippen LogP contribution is -2.29. The predicted molar refractivity (Wildman–Crippen MR) is 71.0 cm³/mol. The Balaban J connectivity index is 2.00. The van der Waals surface area contributed by atoms with Crippen LogP contribution in [-0.2, 0) is 4.79 Å². The Bertz CT molecular complexity index is 519. The zero-order valence-corrected chi connectivity index (χ0v) is 11.0. The minimum absolute atomic E-state index is 0.162. The largest absolute Gasteiger partial charge is 0.481 e. The molecule has 100 valence electrons. The minimum Gasteiger partial charge on any atom is -0.481 e. The molecule has 1 heterocycles. The number of nitriles is 1. The van der Waals surface area contributed by atoms with Crippen LogP contribution in [0.5, 0.6) is 0 Å². The number of hydrogen-bond acceptors (Lipinski definition) is 4. The molecule has 0 saturated heterocycles. The number of carbonyl (C=O) groups is 1. The van der Waals surface area contributed by atoms with Crippen LogP contribution >= 0.6 is 11.6 Å². The molecule has 0 aliphatic heterocycles. The van der Waals surface area contributed by atoms with Crippen LogP contribution in [0.4, 0.5) is 5.82 Å². The van der Waals surface area contributed by atoms with Gasteiger partial charge in [-0.1, -0.05) is 11.6 Å². The number of aromatic nitrogens is 1. The third-order valence-electron chi connectivity index (χ3n) is 3.43. The van der Waals surface area contributed by atoms with Gasteiger partial charge < -0.3 is 10.4 Å². The molecule has 0 spiro atoms. The van der Waals surface area contributed by atoms with Gasteiger partial charge in [0.05, 0.1) is 11.5 Å². The van der Waals surface area contributed by atoms with Crippen LogP contribution < -0.4 is 5.32 Å². The highest BCUT2D eigenvalue weighted by atomic mass is 35.5. The van der Waals surface area contributed by atoms with E-state index in [2.05, 4.69) is 10.3 Å². The summed E-state index contributed by atoms with van der Waals surface area (Å²) in [5.74, 6) is -0.465. The number of rotatable bonds is 3. The van der Waals surface area contributed by atoms with E-state index in [0.29, 0.717) is 29.2 Å². The fourth-order valence-electron chi connectivity index (χ4n) is 2.31. The molecule has 0 aromatic carbocycles. The van der Waals surface area contributed by atoms with Crippen molar-refractivity contribution < 1.29 is 9.90 Å². The third-order valence-corrected chi connectivity index (χ3v) is 3.81. The summed E-state index contributed by atoms with van der Waals surface area (Å²) in [4.78, 5) is 15.0. The van der Waals surface area contributed by atoms with E-state index in [1.807, 2.05) is 6.07 Å². The van der Waals surface area contributed by atoms with Crippen molar-refractivity contribution in [3.05, 3.63) is 22.8 Å². The van der Waals surface area contributed by atoms with Gasteiger partial charge in [-0.25, -0.2) is 4.98 Å². The highest BCUT2D eigenvalue weighted by molar-refractivity contribution is 6.34. The van der Waals surface area contributed by atoms with Crippen LogP contribution in [0.1, 0.15) is 31.2 Å². The number of pyridine rings is 1. The maximum absolute atomic E-state index is 10.9. The molecule has 6 heteroatoms. The Kier molecular flexibility index (Phi) is 4.23. The van der Waals surface area contributed by atoms with Crippen LogP contribution in [-0.4, -0.2) is 22.1 Å². The summed E-state index contributed by atoms with van der Waals surface area (Å²) in [6.07, 6.45) is 4.39. The highest BCUT2D eigenvalue weighted by Crippen LogP contribution is 2.29. The lowest BCUT2D eigenvalue weighted by atomic mass is 9.86. The van der Waals surface area contributed by atoms with E-state index < -0.39 is 5.97 Å². The molecule has 1 aliphatic rings. The Morgan fingerprint density at radius 1 is 1.47 bits per heavy atom. The van der Waals surface area contributed by atoms with Crippen molar-refractivity contribution in [2.24, 2.45) is 5.92 Å². The van der Waals surface area contributed by atoms with E-state index >= 15 is 0 Å². The summed E-state index contributed by atoms with van der Waals surface area (Å²) < 4.78 is 0. The number of hydrogen-bond donors (Lipinski definition) is 2. The first kappa shape index (κ1) is 13.6. The van der Waals surface area contributed by atoms with E-state index in [-0.39, 0.29) is 12.0 Å². The molecule has 0 radical (unpaired) electrons. The van der Waals surface area contributed by atoms with E-state index in [4.69, 9.17) is 22.0 Å². The predicted octanol–water partition coefficient (Wildman–Crippen LogP) is 2.66. The normalized spacial score (nSPS) is 22.5. The standard InChI is InChI=1S/C13H14ClN3O2/c14-11-9(7-15)5-6-16-12(11)17-10-3-1-8(2-4-10)13(18)19/h5-6,8,10H,1-4H2,(H,16,17)(H,18,19). The van der Waals surface area contributed by atoms with Crippen molar-refractivity contribution in [2.75, 3.05) is 5.32 Å². The van der Waals surface area contributed by atoms with Gasteiger partial charge in [0.2, 0.25) is 0 Å². The first-order valence-electron chi connectivity index (χ1n) is 6.15. The first-order valence-corrected chi connectivity index (χ1v) is 6.53.